The Morgan fingerprint density at radius 1 is 1.09 bits per heavy atom. The van der Waals surface area contributed by atoms with Crippen LogP contribution < -0.4 is 16.3 Å². The molecule has 14 atom stereocenters. The number of rotatable bonds is 9. The number of ether oxygens (including phenoxy) is 4. The van der Waals surface area contributed by atoms with Crippen molar-refractivity contribution in [2.24, 2.45) is 23.7 Å². The lowest BCUT2D eigenvalue weighted by atomic mass is 9.75. The zero-order valence-corrected chi connectivity index (χ0v) is 34.9. The van der Waals surface area contributed by atoms with Gasteiger partial charge in [-0.1, -0.05) is 39.8 Å². The molecule has 3 heterocycles. The second-order valence-corrected chi connectivity index (χ2v) is 16.5. The van der Waals surface area contributed by atoms with Gasteiger partial charge < -0.3 is 49.9 Å². The van der Waals surface area contributed by atoms with E-state index in [1.165, 1.54) is 44.3 Å². The van der Waals surface area contributed by atoms with E-state index >= 15 is 0 Å². The van der Waals surface area contributed by atoms with Crippen LogP contribution in [0.3, 0.4) is 0 Å². The van der Waals surface area contributed by atoms with Crippen LogP contribution >= 0.6 is 0 Å². The molecule has 0 saturated carbocycles. The van der Waals surface area contributed by atoms with Crippen molar-refractivity contribution < 1.29 is 61.8 Å². The summed E-state index contributed by atoms with van der Waals surface area (Å²) >= 11 is 0. The largest absolute Gasteiger partial charge is 0.459 e. The van der Waals surface area contributed by atoms with Gasteiger partial charge >= 0.3 is 12.1 Å². The SMILES string of the molecule is CC[C@@H]1OC(=O)[C@H](C)C(=O)[C@H](C)[C@@H](O[C@@H]2O[C@H](C)C[C@H](N(C)C)[C@H]2O)[C@@H](OC)C[C@@H](C)[C@H](NC(=O)CN2C=C(c3ccc(C(F)(F)F)cc3)NN2)[C@@H](C)[C@@H](O)[C@]1(C)O. The molecule has 2 saturated heterocycles. The molecule has 1 amide bonds. The van der Waals surface area contributed by atoms with Crippen molar-refractivity contribution in [2.45, 2.75) is 135 Å². The Labute approximate surface area is 338 Å². The maximum Gasteiger partial charge on any atom is 0.416 e. The number of likely N-dealkylation sites (N-methyl/N-ethyl adjacent to an activating group) is 1. The molecule has 0 unspecified atom stereocenters. The summed E-state index contributed by atoms with van der Waals surface area (Å²) in [6, 6.07) is 3.34. The van der Waals surface area contributed by atoms with Gasteiger partial charge in [0.2, 0.25) is 5.91 Å². The van der Waals surface area contributed by atoms with E-state index in [1.54, 1.807) is 20.8 Å². The summed E-state index contributed by atoms with van der Waals surface area (Å²) in [6.07, 6.45) is -9.53. The van der Waals surface area contributed by atoms with E-state index in [-0.39, 0.29) is 31.5 Å². The molecule has 15 nitrogen and oxygen atoms in total. The molecule has 1 aromatic carbocycles. The first-order chi connectivity index (χ1) is 27.0. The van der Waals surface area contributed by atoms with Gasteiger partial charge in [-0.25, -0.2) is 0 Å². The van der Waals surface area contributed by atoms with Crippen LogP contribution in [0.25, 0.3) is 5.70 Å². The summed E-state index contributed by atoms with van der Waals surface area (Å²) in [6.45, 7) is 11.1. The van der Waals surface area contributed by atoms with Crippen molar-refractivity contribution in [1.82, 2.24) is 26.2 Å². The lowest BCUT2D eigenvalue weighted by Gasteiger charge is -2.45. The van der Waals surface area contributed by atoms with E-state index in [2.05, 4.69) is 16.3 Å². The first-order valence-corrected chi connectivity index (χ1v) is 19.8. The number of amides is 1. The third-order valence-corrected chi connectivity index (χ3v) is 11.9. The first kappa shape index (κ1) is 47.3. The predicted octanol–water partition coefficient (Wildman–Crippen LogP) is 2.59. The molecule has 0 aliphatic carbocycles. The molecular formula is C40H62F3N5O10. The molecule has 0 bridgehead atoms. The maximum atomic E-state index is 14.1. The summed E-state index contributed by atoms with van der Waals surface area (Å²) in [5, 5.41) is 39.4. The molecule has 6 N–H and O–H groups in total. The Hall–Kier alpha value is -3.36. The molecule has 3 aliphatic heterocycles. The summed E-state index contributed by atoms with van der Waals surface area (Å²) in [5.74, 6) is -5.64. The number of hydrogen-bond donors (Lipinski definition) is 6. The number of halogens is 3. The van der Waals surface area contributed by atoms with Crippen molar-refractivity contribution in [3.05, 3.63) is 41.6 Å². The van der Waals surface area contributed by atoms with Gasteiger partial charge in [0, 0.05) is 42.8 Å². The van der Waals surface area contributed by atoms with Gasteiger partial charge in [-0.3, -0.25) is 19.4 Å². The van der Waals surface area contributed by atoms with Crippen molar-refractivity contribution >= 4 is 23.4 Å². The topological polar surface area (TPSA) is 191 Å². The lowest BCUT2D eigenvalue weighted by Crippen LogP contribution is -2.60. The van der Waals surface area contributed by atoms with Gasteiger partial charge in [0.25, 0.3) is 0 Å². The number of cyclic esters (lactones) is 1. The molecule has 2 fully saturated rings. The Morgan fingerprint density at radius 3 is 2.29 bits per heavy atom. The number of esters is 1. The zero-order valence-electron chi connectivity index (χ0n) is 34.9. The Balaban J connectivity index is 1.67. The fourth-order valence-corrected chi connectivity index (χ4v) is 8.27. The minimum Gasteiger partial charge on any atom is -0.459 e. The fourth-order valence-electron chi connectivity index (χ4n) is 8.27. The number of aliphatic hydroxyl groups is 3. The number of alkyl halides is 3. The molecule has 0 radical (unpaired) electrons. The number of benzene rings is 1. The second kappa shape index (κ2) is 19.4. The highest BCUT2D eigenvalue weighted by Crippen LogP contribution is 2.36. The van der Waals surface area contributed by atoms with Crippen molar-refractivity contribution in [1.29, 1.82) is 0 Å². The van der Waals surface area contributed by atoms with Crippen LogP contribution in [0.5, 0.6) is 0 Å². The molecule has 18 heteroatoms. The summed E-state index contributed by atoms with van der Waals surface area (Å²) < 4.78 is 63.7. The van der Waals surface area contributed by atoms with Gasteiger partial charge in [0.05, 0.1) is 35.7 Å². The highest BCUT2D eigenvalue weighted by atomic mass is 19.4. The number of hydrazine groups is 2. The van der Waals surface area contributed by atoms with Crippen molar-refractivity contribution in [3.63, 3.8) is 0 Å². The van der Waals surface area contributed by atoms with Crippen LogP contribution in [0, 0.1) is 23.7 Å². The van der Waals surface area contributed by atoms with E-state index in [0.717, 1.165) is 12.1 Å². The van der Waals surface area contributed by atoms with Gasteiger partial charge in [-0.15, -0.1) is 5.53 Å². The van der Waals surface area contributed by atoms with Crippen molar-refractivity contribution in [3.8, 4) is 0 Å². The molecule has 1 aromatic rings. The number of aliphatic hydroxyl groups excluding tert-OH is 2. The molecule has 58 heavy (non-hydrogen) atoms. The third kappa shape index (κ3) is 10.9. The summed E-state index contributed by atoms with van der Waals surface area (Å²) in [4.78, 5) is 43.3. The van der Waals surface area contributed by atoms with Crippen LogP contribution in [0.2, 0.25) is 0 Å². The normalized spacial score (nSPS) is 37.2. The van der Waals surface area contributed by atoms with Gasteiger partial charge in [-0.05, 0) is 72.2 Å². The number of carbonyl (C=O) groups excluding carboxylic acids is 3. The minimum atomic E-state index is -4.49. The highest BCUT2D eigenvalue weighted by molar-refractivity contribution is 6.00. The Kier molecular flexibility index (Phi) is 15.8. The monoisotopic (exact) mass is 829 g/mol. The smallest absolute Gasteiger partial charge is 0.416 e. The number of ketones is 1. The van der Waals surface area contributed by atoms with E-state index in [9.17, 15) is 42.9 Å². The highest BCUT2D eigenvalue weighted by Gasteiger charge is 2.49. The lowest BCUT2D eigenvalue weighted by molar-refractivity contribution is -0.284. The Bertz CT molecular complexity index is 1600. The number of carbonyl (C=O) groups is 3. The second-order valence-electron chi connectivity index (χ2n) is 16.5. The molecule has 0 spiro atoms. The quantitative estimate of drug-likeness (QED) is 0.157. The summed E-state index contributed by atoms with van der Waals surface area (Å²) in [7, 11) is 5.10. The molecule has 4 rings (SSSR count). The molecule has 3 aliphatic rings. The Morgan fingerprint density at radius 2 is 1.72 bits per heavy atom. The fraction of sp³-hybridized carbons (Fsp3) is 0.725. The number of nitrogens with one attached hydrogen (secondary N) is 3. The van der Waals surface area contributed by atoms with E-state index in [1.807, 2.05) is 32.8 Å². The van der Waals surface area contributed by atoms with Gasteiger partial charge in [0.1, 0.15) is 30.3 Å². The predicted molar refractivity (Wildman–Crippen MR) is 206 cm³/mol. The van der Waals surface area contributed by atoms with Crippen LogP contribution in [0.1, 0.15) is 78.9 Å². The standard InChI is InChI=1S/C40H62F3N5O10/c1-11-30-39(7,54)36(52)22(4)32(44-31(49)19-48-18-27(45-46-48)25-12-14-26(15-13-25)40(41,42)43)20(2)16-29(55-10)35(23(5)33(50)24(6)37(53)57-30)58-38-34(51)28(47(8)9)17-21(3)56-38/h12-15,18,20-24,28-30,32,34-36,38,45-46,51-52,54H,11,16-17,19H2,1-10H3,(H,44,49)/t20-,21-,22-,23+,24-,28+,29+,30+,32+,34-,35-,36-,38+,39-/m1/s1. The maximum absolute atomic E-state index is 14.1. The van der Waals surface area contributed by atoms with Gasteiger partial charge in [-0.2, -0.15) is 13.2 Å². The number of Topliss-reactive ketones (excluding diaryl/α,β-unsaturated/α-hetero) is 1. The molecule has 328 valence electrons. The van der Waals surface area contributed by atoms with Crippen molar-refractivity contribution in [2.75, 3.05) is 27.7 Å². The van der Waals surface area contributed by atoms with E-state index < -0.39 is 102 Å². The van der Waals surface area contributed by atoms with Crippen LogP contribution in [-0.4, -0.2) is 131 Å². The summed E-state index contributed by atoms with van der Waals surface area (Å²) in [5.41, 5.74) is 3.69. The third-order valence-electron chi connectivity index (χ3n) is 11.9. The first-order valence-electron chi connectivity index (χ1n) is 19.8. The van der Waals surface area contributed by atoms with Gasteiger partial charge in [0.15, 0.2) is 12.1 Å². The minimum absolute atomic E-state index is 0.0897. The van der Waals surface area contributed by atoms with Crippen LogP contribution in [-0.2, 0) is 39.5 Å². The van der Waals surface area contributed by atoms with E-state index in [0.29, 0.717) is 17.7 Å². The van der Waals surface area contributed by atoms with Crippen LogP contribution in [0.4, 0.5) is 13.2 Å². The van der Waals surface area contributed by atoms with Crippen LogP contribution in [0.15, 0.2) is 30.5 Å². The average Bonchev–Trinajstić information content (AvgIpc) is 3.64. The molecular weight excluding hydrogens is 767 g/mol. The number of methoxy groups -OCH3 is 1. The number of hydrogen-bond acceptors (Lipinski definition) is 14. The average molecular weight is 830 g/mol. The zero-order chi connectivity index (χ0) is 43.4. The molecule has 0 aromatic heterocycles. The number of nitrogens with zero attached hydrogens (tertiary/aromatic N) is 2. The van der Waals surface area contributed by atoms with E-state index in [4.69, 9.17) is 18.9 Å².